The van der Waals surface area contributed by atoms with Gasteiger partial charge in [0.15, 0.2) is 0 Å². The first kappa shape index (κ1) is 13.8. The molecule has 114 valence electrons. The van der Waals surface area contributed by atoms with Crippen LogP contribution in [0.1, 0.15) is 18.4 Å². The minimum atomic E-state index is 0.689. The fourth-order valence-corrected chi connectivity index (χ4v) is 4.31. The lowest BCUT2D eigenvalue weighted by molar-refractivity contribution is 0.204. The maximum atomic E-state index is 9.22. The number of allylic oxidation sites excluding steroid dienone is 2. The normalized spacial score (nSPS) is 30.7. The molecular weight excluding hydrogens is 272 g/mol. The number of nitriles is 1. The van der Waals surface area contributed by atoms with Crippen LogP contribution in [0.5, 0.6) is 0 Å². The van der Waals surface area contributed by atoms with Gasteiger partial charge >= 0.3 is 0 Å². The van der Waals surface area contributed by atoms with E-state index >= 15 is 0 Å². The molecule has 0 radical (unpaired) electrons. The minimum Gasteiger partial charge on any atom is -0.353 e. The Kier molecular flexibility index (Phi) is 3.59. The van der Waals surface area contributed by atoms with E-state index in [-0.39, 0.29) is 0 Å². The van der Waals surface area contributed by atoms with Gasteiger partial charge in [-0.3, -0.25) is 4.90 Å². The Balaban J connectivity index is 1.35. The van der Waals surface area contributed by atoms with Crippen LogP contribution in [0, 0.1) is 29.1 Å². The van der Waals surface area contributed by atoms with Gasteiger partial charge in [-0.15, -0.1) is 0 Å². The Morgan fingerprint density at radius 3 is 2.73 bits per heavy atom. The summed E-state index contributed by atoms with van der Waals surface area (Å²) >= 11 is 0. The number of rotatable bonds is 3. The Hall–Kier alpha value is -1.86. The first-order chi connectivity index (χ1) is 10.8. The van der Waals surface area contributed by atoms with Crippen molar-refractivity contribution in [2.75, 3.05) is 37.6 Å². The van der Waals surface area contributed by atoms with Crippen LogP contribution in [-0.4, -0.2) is 42.6 Å². The van der Waals surface area contributed by atoms with Gasteiger partial charge < -0.3 is 4.90 Å². The predicted molar refractivity (Wildman–Crippen MR) is 86.4 cm³/mol. The van der Waals surface area contributed by atoms with Crippen molar-refractivity contribution < 1.29 is 0 Å². The van der Waals surface area contributed by atoms with Gasteiger partial charge in [-0.2, -0.15) is 5.26 Å². The van der Waals surface area contributed by atoms with Crippen molar-refractivity contribution >= 4 is 5.82 Å². The van der Waals surface area contributed by atoms with E-state index in [2.05, 4.69) is 33.0 Å². The molecule has 1 aromatic rings. The highest BCUT2D eigenvalue weighted by molar-refractivity contribution is 5.53. The van der Waals surface area contributed by atoms with Crippen LogP contribution >= 0.6 is 0 Å². The zero-order valence-electron chi connectivity index (χ0n) is 12.9. The van der Waals surface area contributed by atoms with Gasteiger partial charge in [0.25, 0.3) is 0 Å². The van der Waals surface area contributed by atoms with E-state index in [1.54, 1.807) is 6.20 Å². The number of hydrogen-bond acceptors (Lipinski definition) is 4. The summed E-state index contributed by atoms with van der Waals surface area (Å²) in [6.07, 6.45) is 9.43. The molecule has 2 heterocycles. The van der Waals surface area contributed by atoms with Crippen LogP contribution in [0.2, 0.25) is 0 Å². The van der Waals surface area contributed by atoms with Crippen LogP contribution in [0.25, 0.3) is 0 Å². The molecule has 22 heavy (non-hydrogen) atoms. The van der Waals surface area contributed by atoms with Crippen LogP contribution in [0.15, 0.2) is 30.5 Å². The number of aromatic nitrogens is 1. The summed E-state index contributed by atoms with van der Waals surface area (Å²) in [5.41, 5.74) is 0.689. The maximum absolute atomic E-state index is 9.22. The summed E-state index contributed by atoms with van der Waals surface area (Å²) in [5, 5.41) is 9.22. The van der Waals surface area contributed by atoms with E-state index < -0.39 is 0 Å². The molecule has 1 aliphatic heterocycles. The summed E-state index contributed by atoms with van der Waals surface area (Å²) in [5.74, 6) is 3.42. The van der Waals surface area contributed by atoms with Gasteiger partial charge in [0.05, 0.1) is 5.56 Å². The summed E-state index contributed by atoms with van der Waals surface area (Å²) in [6.45, 7) is 5.36. The van der Waals surface area contributed by atoms with Crippen molar-refractivity contribution in [3.05, 3.63) is 36.0 Å². The van der Waals surface area contributed by atoms with E-state index in [4.69, 9.17) is 0 Å². The third-order valence-electron chi connectivity index (χ3n) is 5.49. The zero-order chi connectivity index (χ0) is 14.9. The molecular formula is C18H22N4. The van der Waals surface area contributed by atoms with Crippen molar-refractivity contribution in [2.24, 2.45) is 17.8 Å². The predicted octanol–water partition coefficient (Wildman–Crippen LogP) is 2.29. The molecule has 2 fully saturated rings. The molecule has 0 amide bonds. The van der Waals surface area contributed by atoms with Gasteiger partial charge in [-0.05, 0) is 42.7 Å². The Morgan fingerprint density at radius 2 is 2.05 bits per heavy atom. The van der Waals surface area contributed by atoms with Gasteiger partial charge in [-0.25, -0.2) is 4.98 Å². The molecule has 3 atom stereocenters. The zero-order valence-corrected chi connectivity index (χ0v) is 12.9. The fraction of sp³-hybridized carbons (Fsp3) is 0.556. The van der Waals surface area contributed by atoms with E-state index in [1.165, 1.54) is 19.4 Å². The second-order valence-corrected chi connectivity index (χ2v) is 6.81. The van der Waals surface area contributed by atoms with Gasteiger partial charge in [0, 0.05) is 38.9 Å². The van der Waals surface area contributed by atoms with Crippen molar-refractivity contribution in [1.29, 1.82) is 5.26 Å². The lowest BCUT2D eigenvalue weighted by Gasteiger charge is -2.37. The molecule has 3 unspecified atom stereocenters. The molecule has 0 spiro atoms. The Bertz CT molecular complexity index is 610. The molecule has 0 aromatic carbocycles. The molecule has 4 rings (SSSR count). The number of hydrogen-bond donors (Lipinski definition) is 0. The number of pyridine rings is 1. The number of fused-ring (bicyclic) bond motifs is 2. The smallest absolute Gasteiger partial charge is 0.146 e. The molecule has 1 saturated carbocycles. The highest BCUT2D eigenvalue weighted by Gasteiger charge is 2.36. The monoisotopic (exact) mass is 294 g/mol. The summed E-state index contributed by atoms with van der Waals surface area (Å²) in [6, 6.07) is 5.95. The fourth-order valence-electron chi connectivity index (χ4n) is 4.31. The molecule has 3 aliphatic rings. The van der Waals surface area contributed by atoms with E-state index in [0.29, 0.717) is 5.56 Å². The molecule has 2 bridgehead atoms. The van der Waals surface area contributed by atoms with Gasteiger partial charge in [-0.1, -0.05) is 12.2 Å². The lowest BCUT2D eigenvalue weighted by Crippen LogP contribution is -2.48. The first-order valence-electron chi connectivity index (χ1n) is 8.34. The van der Waals surface area contributed by atoms with Crippen LogP contribution < -0.4 is 4.90 Å². The number of anilines is 1. The molecule has 4 nitrogen and oxygen atoms in total. The minimum absolute atomic E-state index is 0.689. The van der Waals surface area contributed by atoms with Crippen molar-refractivity contribution in [3.8, 4) is 6.07 Å². The van der Waals surface area contributed by atoms with Crippen LogP contribution in [-0.2, 0) is 0 Å². The SMILES string of the molecule is N#Cc1cccnc1N1CCN(CC2CC3C=CC2C3)CC1. The largest absolute Gasteiger partial charge is 0.353 e. The Labute approximate surface area is 132 Å². The lowest BCUT2D eigenvalue weighted by atomic mass is 9.93. The second kappa shape index (κ2) is 5.73. The van der Waals surface area contributed by atoms with Crippen LogP contribution in [0.3, 0.4) is 0 Å². The van der Waals surface area contributed by atoms with Gasteiger partial charge in [0.2, 0.25) is 0 Å². The van der Waals surface area contributed by atoms with E-state index in [0.717, 1.165) is 49.8 Å². The van der Waals surface area contributed by atoms with Crippen LogP contribution in [0.4, 0.5) is 5.82 Å². The first-order valence-corrected chi connectivity index (χ1v) is 8.34. The summed E-state index contributed by atoms with van der Waals surface area (Å²) in [7, 11) is 0. The molecule has 1 aromatic heterocycles. The number of nitrogens with zero attached hydrogens (tertiary/aromatic N) is 4. The average Bonchev–Trinajstić information content (AvgIpc) is 3.18. The third-order valence-corrected chi connectivity index (χ3v) is 5.49. The highest BCUT2D eigenvalue weighted by Crippen LogP contribution is 2.43. The molecule has 0 N–H and O–H groups in total. The van der Waals surface area contributed by atoms with Crippen molar-refractivity contribution in [2.45, 2.75) is 12.8 Å². The topological polar surface area (TPSA) is 43.2 Å². The van der Waals surface area contributed by atoms with Gasteiger partial charge in [0.1, 0.15) is 11.9 Å². The van der Waals surface area contributed by atoms with Crippen molar-refractivity contribution in [3.63, 3.8) is 0 Å². The maximum Gasteiger partial charge on any atom is 0.146 e. The number of piperazine rings is 1. The molecule has 1 saturated heterocycles. The average molecular weight is 294 g/mol. The molecule has 2 aliphatic carbocycles. The summed E-state index contributed by atoms with van der Waals surface area (Å²) < 4.78 is 0. The summed E-state index contributed by atoms with van der Waals surface area (Å²) in [4.78, 5) is 9.27. The molecule has 4 heteroatoms. The third kappa shape index (κ3) is 2.50. The Morgan fingerprint density at radius 1 is 1.18 bits per heavy atom. The van der Waals surface area contributed by atoms with E-state index in [1.807, 2.05) is 12.1 Å². The standard InChI is InChI=1S/C18H22N4/c19-12-16-2-1-5-20-18(16)22-8-6-21(7-9-22)13-17-11-14-3-4-15(17)10-14/h1-5,14-15,17H,6-11,13H2. The highest BCUT2D eigenvalue weighted by atomic mass is 15.3. The van der Waals surface area contributed by atoms with Crippen molar-refractivity contribution in [1.82, 2.24) is 9.88 Å². The second-order valence-electron chi connectivity index (χ2n) is 6.81. The van der Waals surface area contributed by atoms with E-state index in [9.17, 15) is 5.26 Å². The quantitative estimate of drug-likeness (QED) is 0.802.